The van der Waals surface area contributed by atoms with Gasteiger partial charge in [0.1, 0.15) is 12.6 Å². The molecule has 1 N–H and O–H groups in total. The summed E-state index contributed by atoms with van der Waals surface area (Å²) >= 11 is 5.36. The first-order chi connectivity index (χ1) is 15.7. The number of esters is 1. The van der Waals surface area contributed by atoms with Crippen molar-refractivity contribution in [1.29, 1.82) is 0 Å². The summed E-state index contributed by atoms with van der Waals surface area (Å²) in [4.78, 5) is 44.4. The largest absolute Gasteiger partial charge is 0.461 e. The lowest BCUT2D eigenvalue weighted by atomic mass is 9.71. The highest BCUT2D eigenvalue weighted by molar-refractivity contribution is 9.09. The van der Waals surface area contributed by atoms with Crippen molar-refractivity contribution in [2.24, 2.45) is 11.8 Å². The number of hydrogen-bond donors (Lipinski definition) is 1. The number of hydrogen-bond acceptors (Lipinski definition) is 6. The molecule has 1 spiro atoms. The third-order valence-electron chi connectivity index (χ3n) is 6.93. The molecule has 3 aliphatic rings. The molecule has 3 saturated heterocycles. The third-order valence-corrected chi connectivity index (χ3v) is 10.1. The Hall–Kier alpha value is -1.32. The van der Waals surface area contributed by atoms with Crippen LogP contribution in [0.3, 0.4) is 0 Å². The van der Waals surface area contributed by atoms with Crippen LogP contribution in [0.15, 0.2) is 25.3 Å². The van der Waals surface area contributed by atoms with Gasteiger partial charge in [-0.1, -0.05) is 34.7 Å². The number of thioether (sulfide) groups is 1. The smallest absolute Gasteiger partial charge is 0.311 e. The number of carbonyl (C=O) groups is 3. The van der Waals surface area contributed by atoms with Gasteiger partial charge >= 0.3 is 5.97 Å². The normalized spacial score (nSPS) is 32.2. The van der Waals surface area contributed by atoms with E-state index in [1.54, 1.807) is 27.6 Å². The van der Waals surface area contributed by atoms with Gasteiger partial charge < -0.3 is 19.6 Å². The Balaban J connectivity index is 2.00. The molecule has 3 heterocycles. The first-order valence-corrected chi connectivity index (χ1v) is 13.5. The molecule has 33 heavy (non-hydrogen) atoms. The van der Waals surface area contributed by atoms with Crippen molar-refractivity contribution >= 4 is 45.5 Å². The minimum absolute atomic E-state index is 0.0179. The summed E-state index contributed by atoms with van der Waals surface area (Å²) in [6.45, 7) is 12.4. The standard InChI is InChI=1S/C24H35BrN2O5S/c1-5-10-26(15(3)4)22(30)20-24-14-16(25)19(33-24)17(23(31)32-13-6-2)18(24)21(29)27(20)11-8-7-9-12-28/h5-6,15-20,28H,1-2,7-14H2,3-4H3/t16?,17-,18+,19-,20?,24?/m1/s1. The van der Waals surface area contributed by atoms with Crippen molar-refractivity contribution in [3.8, 4) is 0 Å². The second kappa shape index (κ2) is 11.0. The van der Waals surface area contributed by atoms with E-state index in [9.17, 15) is 14.4 Å². The molecule has 0 radical (unpaired) electrons. The van der Waals surface area contributed by atoms with E-state index in [1.807, 2.05) is 13.8 Å². The minimum atomic E-state index is -0.670. The molecule has 0 aliphatic carbocycles. The van der Waals surface area contributed by atoms with Crippen molar-refractivity contribution < 1.29 is 24.2 Å². The lowest BCUT2D eigenvalue weighted by molar-refractivity contribution is -0.153. The fourth-order valence-corrected chi connectivity index (χ4v) is 9.17. The summed E-state index contributed by atoms with van der Waals surface area (Å²) in [5.41, 5.74) is 0. The molecule has 2 bridgehead atoms. The third kappa shape index (κ3) is 4.65. The summed E-state index contributed by atoms with van der Waals surface area (Å²) in [6.07, 6.45) is 5.98. The first kappa shape index (κ1) is 26.3. The highest BCUT2D eigenvalue weighted by atomic mass is 79.9. The highest BCUT2D eigenvalue weighted by Gasteiger charge is 2.76. The van der Waals surface area contributed by atoms with Gasteiger partial charge in [-0.2, -0.15) is 0 Å². The van der Waals surface area contributed by atoms with Gasteiger partial charge in [0.2, 0.25) is 11.8 Å². The Morgan fingerprint density at radius 2 is 2.06 bits per heavy atom. The Morgan fingerprint density at radius 1 is 1.33 bits per heavy atom. The fourth-order valence-electron chi connectivity index (χ4n) is 5.58. The zero-order chi connectivity index (χ0) is 24.3. The van der Waals surface area contributed by atoms with Crippen molar-refractivity contribution in [3.63, 3.8) is 0 Å². The van der Waals surface area contributed by atoms with Crippen LogP contribution in [0.1, 0.15) is 39.5 Å². The van der Waals surface area contributed by atoms with Gasteiger partial charge in [0.05, 0.1) is 16.6 Å². The van der Waals surface area contributed by atoms with Crippen molar-refractivity contribution in [2.75, 3.05) is 26.3 Å². The number of alkyl halides is 1. The number of aliphatic hydroxyl groups is 1. The maximum atomic E-state index is 14.0. The Bertz CT molecular complexity index is 793. The SMILES string of the molecule is C=CCOC(=O)[C@H]1[C@@H]2SC3(CC2Br)C(C(=O)N(CC=C)C(C)C)N(CCCCCO)C(=O)[C@H]13. The average Bonchev–Trinajstić information content (AvgIpc) is 3.36. The molecule has 0 saturated carbocycles. The van der Waals surface area contributed by atoms with Crippen LogP contribution in [-0.4, -0.2) is 85.9 Å². The summed E-state index contributed by atoms with van der Waals surface area (Å²) in [6, 6.07) is -0.687. The number of rotatable bonds is 12. The van der Waals surface area contributed by atoms with Crippen LogP contribution >= 0.6 is 27.7 Å². The predicted octanol–water partition coefficient (Wildman–Crippen LogP) is 2.77. The van der Waals surface area contributed by atoms with Gasteiger partial charge in [-0.25, -0.2) is 0 Å². The van der Waals surface area contributed by atoms with Gasteiger partial charge in [-0.3, -0.25) is 14.4 Å². The summed E-state index contributed by atoms with van der Waals surface area (Å²) in [5.74, 6) is -1.78. The maximum absolute atomic E-state index is 14.0. The number of aliphatic hydroxyl groups excluding tert-OH is 1. The molecule has 3 rings (SSSR count). The Labute approximate surface area is 209 Å². The van der Waals surface area contributed by atoms with Gasteiger partial charge in [-0.05, 0) is 39.5 Å². The predicted molar refractivity (Wildman–Crippen MR) is 133 cm³/mol. The van der Waals surface area contributed by atoms with Crippen LogP contribution in [0.5, 0.6) is 0 Å². The molecule has 0 aromatic rings. The second-order valence-corrected chi connectivity index (χ2v) is 12.0. The maximum Gasteiger partial charge on any atom is 0.311 e. The molecule has 0 aromatic heterocycles. The first-order valence-electron chi connectivity index (χ1n) is 11.7. The molecule has 3 fully saturated rings. The van der Waals surface area contributed by atoms with Crippen LogP contribution in [0.4, 0.5) is 0 Å². The van der Waals surface area contributed by atoms with Crippen molar-refractivity contribution in [2.45, 2.75) is 66.4 Å². The summed E-state index contributed by atoms with van der Waals surface area (Å²) in [7, 11) is 0. The van der Waals surface area contributed by atoms with Crippen molar-refractivity contribution in [3.05, 3.63) is 25.3 Å². The van der Waals surface area contributed by atoms with E-state index >= 15 is 0 Å². The number of carbonyl (C=O) groups excluding carboxylic acids is 3. The molecule has 184 valence electrons. The number of fused-ring (bicyclic) bond motifs is 1. The number of ether oxygens (including phenoxy) is 1. The molecular weight excluding hydrogens is 508 g/mol. The average molecular weight is 544 g/mol. The number of unbranched alkanes of at least 4 members (excludes halogenated alkanes) is 2. The molecule has 3 unspecified atom stereocenters. The summed E-state index contributed by atoms with van der Waals surface area (Å²) in [5, 5.41) is 9.02. The fraction of sp³-hybridized carbons (Fsp3) is 0.708. The van der Waals surface area contributed by atoms with Crippen LogP contribution in [0.25, 0.3) is 0 Å². The van der Waals surface area contributed by atoms with E-state index < -0.39 is 28.6 Å². The van der Waals surface area contributed by atoms with Crippen molar-refractivity contribution in [1.82, 2.24) is 9.80 Å². The lowest BCUT2D eigenvalue weighted by Gasteiger charge is -2.39. The van der Waals surface area contributed by atoms with Crippen LogP contribution in [0, 0.1) is 11.8 Å². The molecule has 3 aliphatic heterocycles. The number of halogens is 1. The molecule has 7 nitrogen and oxygen atoms in total. The lowest BCUT2D eigenvalue weighted by Crippen LogP contribution is -2.56. The quantitative estimate of drug-likeness (QED) is 0.176. The minimum Gasteiger partial charge on any atom is -0.461 e. The van der Waals surface area contributed by atoms with Crippen LogP contribution < -0.4 is 0 Å². The van der Waals surface area contributed by atoms with E-state index in [-0.39, 0.29) is 41.1 Å². The molecule has 0 aromatic carbocycles. The van der Waals surface area contributed by atoms with E-state index in [0.29, 0.717) is 32.4 Å². The van der Waals surface area contributed by atoms with Crippen LogP contribution in [0.2, 0.25) is 0 Å². The zero-order valence-corrected chi connectivity index (χ0v) is 21.9. The molecule has 9 heteroatoms. The Kier molecular flexibility index (Phi) is 8.72. The zero-order valence-electron chi connectivity index (χ0n) is 19.5. The number of nitrogens with zero attached hydrogens (tertiary/aromatic N) is 2. The second-order valence-electron chi connectivity index (χ2n) is 9.27. The van der Waals surface area contributed by atoms with Gasteiger partial charge in [0.15, 0.2) is 0 Å². The van der Waals surface area contributed by atoms with E-state index in [0.717, 1.165) is 6.42 Å². The molecule has 2 amide bonds. The molecular formula is C24H35BrN2O5S. The van der Waals surface area contributed by atoms with Crippen LogP contribution in [-0.2, 0) is 19.1 Å². The van der Waals surface area contributed by atoms with Gasteiger partial charge in [0, 0.05) is 35.8 Å². The van der Waals surface area contributed by atoms with Gasteiger partial charge in [-0.15, -0.1) is 18.3 Å². The number of amides is 2. The highest BCUT2D eigenvalue weighted by Crippen LogP contribution is 2.68. The topological polar surface area (TPSA) is 87.2 Å². The van der Waals surface area contributed by atoms with E-state index in [4.69, 9.17) is 9.84 Å². The van der Waals surface area contributed by atoms with E-state index in [1.165, 1.54) is 6.08 Å². The monoisotopic (exact) mass is 542 g/mol. The van der Waals surface area contributed by atoms with E-state index in [2.05, 4.69) is 29.1 Å². The molecule has 6 atom stereocenters. The Morgan fingerprint density at radius 3 is 2.67 bits per heavy atom. The number of likely N-dealkylation sites (tertiary alicyclic amines) is 1. The summed E-state index contributed by atoms with van der Waals surface area (Å²) < 4.78 is 4.73. The van der Waals surface area contributed by atoms with Gasteiger partial charge in [0.25, 0.3) is 0 Å².